The van der Waals surface area contributed by atoms with Crippen LogP contribution in [0, 0.1) is 0 Å². The van der Waals surface area contributed by atoms with Crippen LogP contribution in [-0.2, 0) is 16.4 Å². The second kappa shape index (κ2) is 5.30. The Bertz CT molecular complexity index is 604. The predicted molar refractivity (Wildman–Crippen MR) is 85.9 cm³/mol. The van der Waals surface area contributed by atoms with E-state index in [1.165, 1.54) is 0 Å². The summed E-state index contributed by atoms with van der Waals surface area (Å²) in [6.07, 6.45) is 8.33. The second-order valence-corrected chi connectivity index (χ2v) is 25.3. The summed E-state index contributed by atoms with van der Waals surface area (Å²) in [4.78, 5) is 0. The van der Waals surface area contributed by atoms with E-state index in [4.69, 9.17) is 17.0 Å². The van der Waals surface area contributed by atoms with Gasteiger partial charge >= 0.3 is 129 Å². The zero-order chi connectivity index (χ0) is 14.1. The van der Waals surface area contributed by atoms with Crippen LogP contribution >= 0.6 is 17.0 Å². The Hall–Kier alpha value is -0.617. The first-order valence-electron chi connectivity index (χ1n) is 6.65. The molecular weight excluding hydrogens is 366 g/mol. The molecule has 1 aliphatic rings. The van der Waals surface area contributed by atoms with E-state index in [0.29, 0.717) is 0 Å². The number of benzene rings is 2. The summed E-state index contributed by atoms with van der Waals surface area (Å²) in [7, 11) is 14.6. The number of halogens is 2. The molecule has 0 unspecified atom stereocenters. The Balaban J connectivity index is 2.28. The Morgan fingerprint density at radius 3 is 1.45 bits per heavy atom. The minimum atomic E-state index is -4.36. The summed E-state index contributed by atoms with van der Waals surface area (Å²) in [5.41, 5.74) is 0. The molecule has 0 radical (unpaired) electrons. The Morgan fingerprint density at radius 2 is 1.05 bits per heavy atom. The number of allylic oxidation sites excluding steroid dienone is 4. The van der Waals surface area contributed by atoms with Gasteiger partial charge in [0.15, 0.2) is 0 Å². The molecule has 0 fully saturated rings. The van der Waals surface area contributed by atoms with Gasteiger partial charge in [0, 0.05) is 0 Å². The van der Waals surface area contributed by atoms with Gasteiger partial charge in [0.1, 0.15) is 0 Å². The van der Waals surface area contributed by atoms with Crippen LogP contribution in [0.2, 0.25) is 3.63 Å². The van der Waals surface area contributed by atoms with Crippen molar-refractivity contribution in [2.45, 2.75) is 3.63 Å². The van der Waals surface area contributed by atoms with Crippen molar-refractivity contribution < 1.29 is 16.4 Å². The molecule has 0 saturated carbocycles. The molecular formula is C17H15Cl2Zr. The van der Waals surface area contributed by atoms with Gasteiger partial charge in [0.05, 0.1) is 0 Å². The number of hydrogen-bond donors (Lipinski definition) is 0. The van der Waals surface area contributed by atoms with Gasteiger partial charge in [-0.15, -0.1) is 0 Å². The van der Waals surface area contributed by atoms with Crippen LogP contribution in [0.4, 0.5) is 0 Å². The van der Waals surface area contributed by atoms with Crippen LogP contribution in [-0.4, -0.2) is 0 Å². The number of hydrogen-bond acceptors (Lipinski definition) is 0. The molecule has 0 aromatic heterocycles. The molecule has 0 nitrogen and oxygen atoms in total. The molecule has 0 atom stereocenters. The van der Waals surface area contributed by atoms with Crippen molar-refractivity contribution in [3.8, 4) is 0 Å². The predicted octanol–water partition coefficient (Wildman–Crippen LogP) is 4.55. The van der Waals surface area contributed by atoms with E-state index in [2.05, 4.69) is 36.4 Å². The standard InChI is InChI=1S/2C6H5.C5H5.2ClH.Zr/c2*1-2-4-6-5-3-1;1-2-4-5-3-1;;;/h2*1-5H;1-5H;2*1H;/q;;;;;+2/p-2. The average molecular weight is 381 g/mol. The zero-order valence-corrected chi connectivity index (χ0v) is 14.9. The molecule has 3 rings (SSSR count). The van der Waals surface area contributed by atoms with E-state index in [-0.39, 0.29) is 3.63 Å². The van der Waals surface area contributed by atoms with Crippen LogP contribution in [0.25, 0.3) is 0 Å². The second-order valence-electron chi connectivity index (χ2n) is 5.11. The van der Waals surface area contributed by atoms with E-state index in [9.17, 15) is 0 Å². The third-order valence-corrected chi connectivity index (χ3v) is 22.8. The molecule has 101 valence electrons. The first-order chi connectivity index (χ1) is 9.62. The molecule has 2 aromatic rings. The van der Waals surface area contributed by atoms with Crippen LogP contribution < -0.4 is 6.54 Å². The third-order valence-electron chi connectivity index (χ3n) is 3.94. The van der Waals surface area contributed by atoms with E-state index >= 15 is 0 Å². The monoisotopic (exact) mass is 379 g/mol. The van der Waals surface area contributed by atoms with Crippen LogP contribution in [0.5, 0.6) is 0 Å². The topological polar surface area (TPSA) is 0 Å². The van der Waals surface area contributed by atoms with Crippen LogP contribution in [0.3, 0.4) is 0 Å². The van der Waals surface area contributed by atoms with E-state index in [1.807, 2.05) is 48.6 Å². The van der Waals surface area contributed by atoms with Crippen LogP contribution in [0.1, 0.15) is 0 Å². The van der Waals surface area contributed by atoms with Gasteiger partial charge < -0.3 is 0 Å². The molecule has 2 aromatic carbocycles. The van der Waals surface area contributed by atoms with Gasteiger partial charge in [0.25, 0.3) is 0 Å². The van der Waals surface area contributed by atoms with Crippen molar-refractivity contribution in [2.24, 2.45) is 0 Å². The summed E-state index contributed by atoms with van der Waals surface area (Å²) < 4.78 is 2.28. The minimum absolute atomic E-state index is 0.101. The maximum atomic E-state index is 7.32. The quantitative estimate of drug-likeness (QED) is 0.732. The van der Waals surface area contributed by atoms with Gasteiger partial charge in [-0.05, 0) is 0 Å². The van der Waals surface area contributed by atoms with Gasteiger partial charge in [-0.25, -0.2) is 0 Å². The molecule has 3 heteroatoms. The van der Waals surface area contributed by atoms with Crippen molar-refractivity contribution in [2.75, 3.05) is 0 Å². The first kappa shape index (κ1) is 14.3. The molecule has 0 saturated heterocycles. The summed E-state index contributed by atoms with van der Waals surface area (Å²) >= 11 is -4.36. The molecule has 20 heavy (non-hydrogen) atoms. The molecule has 0 N–H and O–H groups in total. The van der Waals surface area contributed by atoms with Gasteiger partial charge in [-0.3, -0.25) is 0 Å². The Labute approximate surface area is 128 Å². The zero-order valence-electron chi connectivity index (χ0n) is 10.9. The Morgan fingerprint density at radius 1 is 0.650 bits per heavy atom. The van der Waals surface area contributed by atoms with Crippen molar-refractivity contribution >= 4 is 23.6 Å². The van der Waals surface area contributed by atoms with E-state index < -0.39 is 16.4 Å². The fraction of sp³-hybridized carbons (Fsp3) is 0.0588. The van der Waals surface area contributed by atoms with Gasteiger partial charge in [-0.1, -0.05) is 0 Å². The SMILES string of the molecule is [Cl][Zr]([Cl])([c]1ccccc1)([c]1ccccc1)[CH]1C=CC=C1. The maximum absolute atomic E-state index is 7.32. The fourth-order valence-corrected chi connectivity index (χ4v) is 16.4. The van der Waals surface area contributed by atoms with Crippen molar-refractivity contribution in [1.29, 1.82) is 0 Å². The third kappa shape index (κ3) is 2.17. The molecule has 0 aliphatic heterocycles. The summed E-state index contributed by atoms with van der Waals surface area (Å²) in [6, 6.07) is 20.3. The van der Waals surface area contributed by atoms with Gasteiger partial charge in [0.2, 0.25) is 0 Å². The molecule has 1 aliphatic carbocycles. The Kier molecular flexibility index (Phi) is 3.79. The summed E-state index contributed by atoms with van der Waals surface area (Å²) in [6.45, 7) is 0. The molecule has 0 amide bonds. The summed E-state index contributed by atoms with van der Waals surface area (Å²) in [5.74, 6) is 0. The van der Waals surface area contributed by atoms with Crippen molar-refractivity contribution in [3.05, 3.63) is 85.0 Å². The fourth-order valence-electron chi connectivity index (χ4n) is 2.81. The van der Waals surface area contributed by atoms with Gasteiger partial charge in [-0.2, -0.15) is 0 Å². The van der Waals surface area contributed by atoms with E-state index in [1.54, 1.807) is 0 Å². The number of rotatable bonds is 3. The van der Waals surface area contributed by atoms with Crippen LogP contribution in [0.15, 0.2) is 85.0 Å². The van der Waals surface area contributed by atoms with Crippen molar-refractivity contribution in [3.63, 3.8) is 0 Å². The molecule has 0 bridgehead atoms. The van der Waals surface area contributed by atoms with E-state index in [0.717, 1.165) is 6.54 Å². The molecule has 0 spiro atoms. The summed E-state index contributed by atoms with van der Waals surface area (Å²) in [5, 5.41) is 0. The van der Waals surface area contributed by atoms with Crippen molar-refractivity contribution in [1.82, 2.24) is 0 Å². The molecule has 0 heterocycles. The average Bonchev–Trinajstić information content (AvgIpc) is 3.05. The first-order valence-corrected chi connectivity index (χ1v) is 16.9. The normalized spacial score (nSPS) is 17.0.